The third kappa shape index (κ3) is 2.75. The number of rotatable bonds is 5. The number of benzene rings is 2. The van der Waals surface area contributed by atoms with Crippen molar-refractivity contribution in [1.29, 1.82) is 0 Å². The molecule has 3 rings (SSSR count). The second kappa shape index (κ2) is 5.76. The Morgan fingerprint density at radius 2 is 2.05 bits per heavy atom. The van der Waals surface area contributed by atoms with Crippen LogP contribution in [0.15, 0.2) is 42.5 Å². The van der Waals surface area contributed by atoms with E-state index in [2.05, 4.69) is 29.6 Å². The maximum Gasteiger partial charge on any atom is 0.123 e. The summed E-state index contributed by atoms with van der Waals surface area (Å²) in [5.41, 5.74) is 5.26. The highest BCUT2D eigenvalue weighted by Crippen LogP contribution is 2.33. The van der Waals surface area contributed by atoms with Crippen LogP contribution in [0.1, 0.15) is 28.2 Å². The Kier molecular flexibility index (Phi) is 3.83. The van der Waals surface area contributed by atoms with Gasteiger partial charge in [-0.15, -0.1) is 0 Å². The van der Waals surface area contributed by atoms with Crippen LogP contribution in [0.25, 0.3) is 0 Å². The van der Waals surface area contributed by atoms with Gasteiger partial charge in [-0.05, 0) is 60.7 Å². The molecule has 1 aliphatic rings. The third-order valence-corrected chi connectivity index (χ3v) is 4.23. The van der Waals surface area contributed by atoms with Crippen molar-refractivity contribution in [1.82, 2.24) is 5.32 Å². The standard InChI is InChI=1S/C18H20FN/c1-13-10-17(19)7-6-14(13)8-9-20-12-16-11-15-4-2-3-5-18(15)16/h2-7,10,16,20H,8-9,11-12H2,1H3. The Morgan fingerprint density at radius 3 is 2.85 bits per heavy atom. The molecule has 2 heteroatoms. The molecule has 0 aromatic heterocycles. The molecule has 0 heterocycles. The average molecular weight is 269 g/mol. The van der Waals surface area contributed by atoms with Gasteiger partial charge in [-0.25, -0.2) is 4.39 Å². The van der Waals surface area contributed by atoms with Gasteiger partial charge in [0.1, 0.15) is 5.82 Å². The van der Waals surface area contributed by atoms with Crippen LogP contribution in [0, 0.1) is 12.7 Å². The van der Waals surface area contributed by atoms with Crippen LogP contribution >= 0.6 is 0 Å². The first-order chi connectivity index (χ1) is 9.74. The van der Waals surface area contributed by atoms with Gasteiger partial charge in [0.05, 0.1) is 0 Å². The minimum Gasteiger partial charge on any atom is -0.316 e. The molecule has 1 N–H and O–H groups in total. The van der Waals surface area contributed by atoms with E-state index in [1.807, 2.05) is 13.0 Å². The van der Waals surface area contributed by atoms with E-state index >= 15 is 0 Å². The monoisotopic (exact) mass is 269 g/mol. The van der Waals surface area contributed by atoms with Crippen molar-refractivity contribution in [2.45, 2.75) is 25.7 Å². The molecule has 2 aromatic rings. The first-order valence-corrected chi connectivity index (χ1v) is 7.27. The van der Waals surface area contributed by atoms with Crippen molar-refractivity contribution >= 4 is 0 Å². The summed E-state index contributed by atoms with van der Waals surface area (Å²) in [7, 11) is 0. The molecule has 0 fully saturated rings. The van der Waals surface area contributed by atoms with E-state index in [1.165, 1.54) is 23.1 Å². The van der Waals surface area contributed by atoms with E-state index in [-0.39, 0.29) is 5.82 Å². The molecule has 0 radical (unpaired) electrons. The number of aryl methyl sites for hydroxylation is 1. The summed E-state index contributed by atoms with van der Waals surface area (Å²) in [5, 5.41) is 3.52. The van der Waals surface area contributed by atoms with Gasteiger partial charge in [0.25, 0.3) is 0 Å². The summed E-state index contributed by atoms with van der Waals surface area (Å²) in [6.45, 7) is 3.96. The van der Waals surface area contributed by atoms with Gasteiger partial charge in [0.15, 0.2) is 0 Å². The molecule has 2 aromatic carbocycles. The van der Waals surface area contributed by atoms with Crippen molar-refractivity contribution < 1.29 is 4.39 Å². The highest BCUT2D eigenvalue weighted by molar-refractivity contribution is 5.40. The molecular formula is C18H20FN. The summed E-state index contributed by atoms with van der Waals surface area (Å²) in [5.74, 6) is 0.519. The number of hydrogen-bond acceptors (Lipinski definition) is 1. The minimum absolute atomic E-state index is 0.148. The van der Waals surface area contributed by atoms with Crippen LogP contribution in [0.4, 0.5) is 4.39 Å². The predicted molar refractivity (Wildman–Crippen MR) is 80.6 cm³/mol. The van der Waals surface area contributed by atoms with E-state index in [4.69, 9.17) is 0 Å². The molecule has 0 saturated carbocycles. The summed E-state index contributed by atoms with van der Waals surface area (Å²) in [6.07, 6.45) is 2.15. The summed E-state index contributed by atoms with van der Waals surface area (Å²) >= 11 is 0. The zero-order chi connectivity index (χ0) is 13.9. The fraction of sp³-hybridized carbons (Fsp3) is 0.333. The summed E-state index contributed by atoms with van der Waals surface area (Å²) in [6, 6.07) is 13.7. The zero-order valence-corrected chi connectivity index (χ0v) is 11.8. The highest BCUT2D eigenvalue weighted by atomic mass is 19.1. The molecule has 1 atom stereocenters. The van der Waals surface area contributed by atoms with Crippen LogP contribution in [0.2, 0.25) is 0 Å². The first-order valence-electron chi connectivity index (χ1n) is 7.27. The van der Waals surface area contributed by atoms with Crippen molar-refractivity contribution in [3.8, 4) is 0 Å². The number of fused-ring (bicyclic) bond motifs is 1. The molecule has 20 heavy (non-hydrogen) atoms. The van der Waals surface area contributed by atoms with E-state index in [0.29, 0.717) is 5.92 Å². The van der Waals surface area contributed by atoms with Crippen molar-refractivity contribution in [2.24, 2.45) is 0 Å². The summed E-state index contributed by atoms with van der Waals surface area (Å²) in [4.78, 5) is 0. The predicted octanol–water partition coefficient (Wildman–Crippen LogP) is 3.61. The zero-order valence-electron chi connectivity index (χ0n) is 11.8. The molecular weight excluding hydrogens is 249 g/mol. The normalized spacial score (nSPS) is 16.6. The molecule has 1 aliphatic carbocycles. The molecule has 0 spiro atoms. The van der Waals surface area contributed by atoms with E-state index in [1.54, 1.807) is 12.1 Å². The van der Waals surface area contributed by atoms with Gasteiger partial charge < -0.3 is 5.32 Å². The Hall–Kier alpha value is -1.67. The van der Waals surface area contributed by atoms with E-state index < -0.39 is 0 Å². The second-order valence-electron chi connectivity index (χ2n) is 5.62. The Bertz CT molecular complexity index is 606. The molecule has 1 nitrogen and oxygen atoms in total. The molecule has 0 bridgehead atoms. The highest BCUT2D eigenvalue weighted by Gasteiger charge is 2.24. The lowest BCUT2D eigenvalue weighted by molar-refractivity contribution is 0.537. The first kappa shape index (κ1) is 13.3. The molecule has 0 saturated heterocycles. The van der Waals surface area contributed by atoms with Gasteiger partial charge in [0.2, 0.25) is 0 Å². The van der Waals surface area contributed by atoms with Gasteiger partial charge in [-0.1, -0.05) is 30.3 Å². The maximum atomic E-state index is 13.0. The Morgan fingerprint density at radius 1 is 1.20 bits per heavy atom. The average Bonchev–Trinajstić information content (AvgIpc) is 2.41. The van der Waals surface area contributed by atoms with Crippen LogP contribution in [-0.4, -0.2) is 13.1 Å². The van der Waals surface area contributed by atoms with Gasteiger partial charge in [-0.3, -0.25) is 0 Å². The topological polar surface area (TPSA) is 12.0 Å². The molecule has 0 aliphatic heterocycles. The van der Waals surface area contributed by atoms with E-state index in [9.17, 15) is 4.39 Å². The third-order valence-electron chi connectivity index (χ3n) is 4.23. The molecule has 104 valence electrons. The SMILES string of the molecule is Cc1cc(F)ccc1CCNCC1Cc2ccccc21. The Balaban J connectivity index is 1.45. The minimum atomic E-state index is -0.148. The fourth-order valence-electron chi connectivity index (χ4n) is 2.98. The number of hydrogen-bond donors (Lipinski definition) is 1. The molecule has 0 amide bonds. The van der Waals surface area contributed by atoms with Gasteiger partial charge >= 0.3 is 0 Å². The van der Waals surface area contributed by atoms with Crippen LogP contribution in [0.3, 0.4) is 0 Å². The fourth-order valence-corrected chi connectivity index (χ4v) is 2.98. The smallest absolute Gasteiger partial charge is 0.123 e. The van der Waals surface area contributed by atoms with Crippen molar-refractivity contribution in [3.63, 3.8) is 0 Å². The maximum absolute atomic E-state index is 13.0. The lowest BCUT2D eigenvalue weighted by atomic mass is 9.77. The second-order valence-corrected chi connectivity index (χ2v) is 5.62. The van der Waals surface area contributed by atoms with Gasteiger partial charge in [-0.2, -0.15) is 0 Å². The largest absolute Gasteiger partial charge is 0.316 e. The van der Waals surface area contributed by atoms with Crippen molar-refractivity contribution in [3.05, 3.63) is 70.5 Å². The number of nitrogens with one attached hydrogen (secondary N) is 1. The Labute approximate surface area is 119 Å². The summed E-state index contributed by atoms with van der Waals surface area (Å²) < 4.78 is 13.0. The lowest BCUT2D eigenvalue weighted by Gasteiger charge is -2.30. The van der Waals surface area contributed by atoms with E-state index in [0.717, 1.165) is 25.1 Å². The number of halogens is 1. The van der Waals surface area contributed by atoms with Crippen molar-refractivity contribution in [2.75, 3.05) is 13.1 Å². The quantitative estimate of drug-likeness (QED) is 0.818. The van der Waals surface area contributed by atoms with Gasteiger partial charge in [0, 0.05) is 12.5 Å². The van der Waals surface area contributed by atoms with Crippen LogP contribution in [-0.2, 0) is 12.8 Å². The van der Waals surface area contributed by atoms with Crippen LogP contribution in [0.5, 0.6) is 0 Å². The molecule has 1 unspecified atom stereocenters. The lowest BCUT2D eigenvalue weighted by Crippen LogP contribution is -2.30. The van der Waals surface area contributed by atoms with Crippen LogP contribution < -0.4 is 5.32 Å².